The van der Waals surface area contributed by atoms with Gasteiger partial charge >= 0.3 is 12.2 Å². The summed E-state index contributed by atoms with van der Waals surface area (Å²) >= 11 is 0. The summed E-state index contributed by atoms with van der Waals surface area (Å²) < 4.78 is 9.28. The number of ether oxygens (including phenoxy) is 2. The molecule has 0 rings (SSSR count). The van der Waals surface area contributed by atoms with Gasteiger partial charge in [0.1, 0.15) is 6.10 Å². The zero-order chi connectivity index (χ0) is 11.0. The minimum Gasteiger partial charge on any atom is -0.450 e. The van der Waals surface area contributed by atoms with Crippen molar-refractivity contribution in [2.45, 2.75) is 32.3 Å². The van der Waals surface area contributed by atoms with Gasteiger partial charge in [-0.2, -0.15) is 0 Å². The van der Waals surface area contributed by atoms with Crippen molar-refractivity contribution in [2.24, 2.45) is 11.5 Å². The summed E-state index contributed by atoms with van der Waals surface area (Å²) in [5, 5.41) is 0. The van der Waals surface area contributed by atoms with E-state index < -0.39 is 12.2 Å². The van der Waals surface area contributed by atoms with Crippen LogP contribution in [0.25, 0.3) is 0 Å². The van der Waals surface area contributed by atoms with Crippen molar-refractivity contribution in [1.29, 1.82) is 0 Å². The summed E-state index contributed by atoms with van der Waals surface area (Å²) in [4.78, 5) is 20.6. The van der Waals surface area contributed by atoms with E-state index in [9.17, 15) is 9.59 Å². The maximum Gasteiger partial charge on any atom is 0.404 e. The quantitative estimate of drug-likeness (QED) is 0.622. The van der Waals surface area contributed by atoms with Gasteiger partial charge in [-0.05, 0) is 19.3 Å². The fourth-order valence-electron chi connectivity index (χ4n) is 0.994. The smallest absolute Gasteiger partial charge is 0.404 e. The Balaban J connectivity index is 3.52. The average Bonchev–Trinajstić information content (AvgIpc) is 2.09. The van der Waals surface area contributed by atoms with Gasteiger partial charge in [0.15, 0.2) is 0 Å². The second-order valence-electron chi connectivity index (χ2n) is 2.78. The van der Waals surface area contributed by atoms with Gasteiger partial charge in [0.25, 0.3) is 0 Å². The maximum atomic E-state index is 10.4. The second kappa shape index (κ2) is 6.99. The van der Waals surface area contributed by atoms with Gasteiger partial charge in [-0.15, -0.1) is 0 Å². The lowest BCUT2D eigenvalue weighted by Crippen LogP contribution is -2.23. The largest absolute Gasteiger partial charge is 0.450 e. The summed E-state index contributed by atoms with van der Waals surface area (Å²) in [6.45, 7) is 2.11. The van der Waals surface area contributed by atoms with Gasteiger partial charge in [-0.25, -0.2) is 9.59 Å². The predicted molar refractivity (Wildman–Crippen MR) is 49.5 cm³/mol. The maximum absolute atomic E-state index is 10.4. The number of nitrogens with two attached hydrogens (primary N) is 2. The molecule has 0 aliphatic carbocycles. The molecule has 2 amide bonds. The molecule has 1 atom stereocenters. The van der Waals surface area contributed by atoms with E-state index in [1.165, 1.54) is 0 Å². The van der Waals surface area contributed by atoms with Crippen molar-refractivity contribution in [3.8, 4) is 0 Å². The molecule has 0 bridgehead atoms. The number of amides is 2. The van der Waals surface area contributed by atoms with Gasteiger partial charge in [-0.3, -0.25) is 0 Å². The standard InChI is InChI=1S/C8H16N2O4/c1-2-6(14-8(10)12)4-3-5-13-7(9)11/h6H,2-5H2,1H3,(H2,9,11)(H2,10,12). The molecule has 0 spiro atoms. The van der Waals surface area contributed by atoms with Crippen LogP contribution in [-0.2, 0) is 9.47 Å². The molecule has 0 saturated heterocycles. The number of hydrogen-bond donors (Lipinski definition) is 2. The normalized spacial score (nSPS) is 11.8. The molecule has 1 unspecified atom stereocenters. The fourth-order valence-corrected chi connectivity index (χ4v) is 0.994. The molecule has 0 aromatic rings. The zero-order valence-corrected chi connectivity index (χ0v) is 8.19. The Morgan fingerprint density at radius 1 is 1.29 bits per heavy atom. The highest BCUT2D eigenvalue weighted by molar-refractivity contribution is 5.65. The summed E-state index contributed by atoms with van der Waals surface area (Å²) in [6, 6.07) is 0. The van der Waals surface area contributed by atoms with Gasteiger partial charge < -0.3 is 20.9 Å². The molecule has 0 aromatic heterocycles. The van der Waals surface area contributed by atoms with Crippen LogP contribution in [0.4, 0.5) is 9.59 Å². The number of primary amides is 2. The predicted octanol–water partition coefficient (Wildman–Crippen LogP) is 0.736. The molecule has 6 nitrogen and oxygen atoms in total. The van der Waals surface area contributed by atoms with E-state index in [1.54, 1.807) is 0 Å². The summed E-state index contributed by atoms with van der Waals surface area (Å²) in [6.07, 6.45) is 0.0755. The topological polar surface area (TPSA) is 105 Å². The van der Waals surface area contributed by atoms with Gasteiger partial charge in [0.2, 0.25) is 0 Å². The number of rotatable bonds is 6. The van der Waals surface area contributed by atoms with Gasteiger partial charge in [0, 0.05) is 0 Å². The molecule has 82 valence electrons. The van der Waals surface area contributed by atoms with Crippen molar-refractivity contribution in [2.75, 3.05) is 6.61 Å². The molecule has 0 aromatic carbocycles. The van der Waals surface area contributed by atoms with Crippen LogP contribution < -0.4 is 11.5 Å². The molecule has 0 saturated carbocycles. The molecule has 4 N–H and O–H groups in total. The lowest BCUT2D eigenvalue weighted by Gasteiger charge is -2.13. The van der Waals surface area contributed by atoms with Crippen LogP contribution in [0.1, 0.15) is 26.2 Å². The molecule has 14 heavy (non-hydrogen) atoms. The van der Waals surface area contributed by atoms with Crippen LogP contribution >= 0.6 is 0 Å². The monoisotopic (exact) mass is 204 g/mol. The van der Waals surface area contributed by atoms with Crippen molar-refractivity contribution in [3.05, 3.63) is 0 Å². The molecular formula is C8H16N2O4. The van der Waals surface area contributed by atoms with Crippen molar-refractivity contribution >= 4 is 12.2 Å². The molecule has 0 aliphatic heterocycles. The number of hydrogen-bond acceptors (Lipinski definition) is 4. The van der Waals surface area contributed by atoms with Crippen LogP contribution in [-0.4, -0.2) is 24.9 Å². The van der Waals surface area contributed by atoms with Crippen LogP contribution in [0.5, 0.6) is 0 Å². The highest BCUT2D eigenvalue weighted by Crippen LogP contribution is 2.06. The Kier molecular flexibility index (Phi) is 6.26. The SMILES string of the molecule is CCC(CCCOC(N)=O)OC(N)=O. The first-order valence-electron chi connectivity index (χ1n) is 4.44. The molecule has 0 aliphatic rings. The molecule has 6 heteroatoms. The summed E-state index contributed by atoms with van der Waals surface area (Å²) in [5.41, 5.74) is 9.61. The van der Waals surface area contributed by atoms with E-state index in [4.69, 9.17) is 16.2 Å². The Hall–Kier alpha value is -1.46. The minimum atomic E-state index is -0.797. The van der Waals surface area contributed by atoms with Crippen LogP contribution in [0.15, 0.2) is 0 Å². The summed E-state index contributed by atoms with van der Waals surface area (Å²) in [7, 11) is 0. The number of carbonyl (C=O) groups is 2. The first-order valence-corrected chi connectivity index (χ1v) is 4.44. The van der Waals surface area contributed by atoms with Crippen molar-refractivity contribution in [3.63, 3.8) is 0 Å². The zero-order valence-electron chi connectivity index (χ0n) is 8.19. The lowest BCUT2D eigenvalue weighted by molar-refractivity contribution is 0.0901. The van der Waals surface area contributed by atoms with Gasteiger partial charge in [0.05, 0.1) is 6.61 Å². The minimum absolute atomic E-state index is 0.219. The van der Waals surface area contributed by atoms with Gasteiger partial charge in [-0.1, -0.05) is 6.92 Å². The van der Waals surface area contributed by atoms with Crippen LogP contribution in [0.2, 0.25) is 0 Å². The third-order valence-electron chi connectivity index (χ3n) is 1.65. The highest BCUT2D eigenvalue weighted by Gasteiger charge is 2.09. The molecule has 0 radical (unpaired) electrons. The lowest BCUT2D eigenvalue weighted by atomic mass is 10.1. The molecular weight excluding hydrogens is 188 g/mol. The average molecular weight is 204 g/mol. The Labute approximate surface area is 82.5 Å². The van der Waals surface area contributed by atoms with Crippen LogP contribution in [0, 0.1) is 0 Å². The Morgan fingerprint density at radius 2 is 1.93 bits per heavy atom. The van der Waals surface area contributed by atoms with Crippen molar-refractivity contribution < 1.29 is 19.1 Å². The first-order chi connectivity index (χ1) is 6.56. The highest BCUT2D eigenvalue weighted by atomic mass is 16.6. The number of carbonyl (C=O) groups excluding carboxylic acids is 2. The van der Waals surface area contributed by atoms with E-state index in [0.29, 0.717) is 19.3 Å². The fraction of sp³-hybridized carbons (Fsp3) is 0.750. The molecule has 0 fully saturated rings. The second-order valence-corrected chi connectivity index (χ2v) is 2.78. The Bertz CT molecular complexity index is 196. The third kappa shape index (κ3) is 7.20. The van der Waals surface area contributed by atoms with Crippen molar-refractivity contribution in [1.82, 2.24) is 0 Å². The first kappa shape index (κ1) is 12.5. The van der Waals surface area contributed by atoms with E-state index in [1.807, 2.05) is 6.92 Å². The summed E-state index contributed by atoms with van der Waals surface area (Å²) in [5.74, 6) is 0. The van der Waals surface area contributed by atoms with E-state index >= 15 is 0 Å². The third-order valence-corrected chi connectivity index (χ3v) is 1.65. The van der Waals surface area contributed by atoms with E-state index in [-0.39, 0.29) is 12.7 Å². The van der Waals surface area contributed by atoms with Crippen LogP contribution in [0.3, 0.4) is 0 Å². The molecule has 0 heterocycles. The van der Waals surface area contributed by atoms with E-state index in [2.05, 4.69) is 4.74 Å². The van der Waals surface area contributed by atoms with E-state index in [0.717, 1.165) is 0 Å². The Morgan fingerprint density at radius 3 is 2.36 bits per heavy atom.